The summed E-state index contributed by atoms with van der Waals surface area (Å²) < 4.78 is 11.7. The minimum Gasteiger partial charge on any atom is -0.477 e. The Kier molecular flexibility index (Phi) is 5.83. The molecule has 0 aromatic carbocycles. The van der Waals surface area contributed by atoms with Crippen molar-refractivity contribution in [3.8, 4) is 5.88 Å². The highest BCUT2D eigenvalue weighted by atomic mass is 79.9. The number of hydrogen-bond donors (Lipinski definition) is 0. The van der Waals surface area contributed by atoms with Crippen molar-refractivity contribution < 1.29 is 14.3 Å². The van der Waals surface area contributed by atoms with E-state index in [-0.39, 0.29) is 11.9 Å². The molecule has 0 bridgehead atoms. The lowest BCUT2D eigenvalue weighted by molar-refractivity contribution is -0.149. The summed E-state index contributed by atoms with van der Waals surface area (Å²) in [6, 6.07) is 3.77. The van der Waals surface area contributed by atoms with Gasteiger partial charge in [-0.3, -0.25) is 4.79 Å². The van der Waals surface area contributed by atoms with Gasteiger partial charge in [0.05, 0.1) is 19.1 Å². The van der Waals surface area contributed by atoms with E-state index in [0.717, 1.165) is 30.2 Å². The molecule has 0 radical (unpaired) electrons. The summed E-state index contributed by atoms with van der Waals surface area (Å²) in [5.74, 6) is 1.20. The first kappa shape index (κ1) is 15.3. The molecule has 1 heterocycles. The monoisotopic (exact) mass is 341 g/mol. The van der Waals surface area contributed by atoms with Crippen LogP contribution in [0.5, 0.6) is 5.88 Å². The zero-order valence-electron chi connectivity index (χ0n) is 11.7. The third kappa shape index (κ3) is 4.47. The fourth-order valence-corrected chi connectivity index (χ4v) is 2.71. The molecule has 1 aliphatic rings. The minimum absolute atomic E-state index is 0.0403. The van der Waals surface area contributed by atoms with Gasteiger partial charge < -0.3 is 9.47 Å². The van der Waals surface area contributed by atoms with Gasteiger partial charge in [0.1, 0.15) is 0 Å². The summed E-state index contributed by atoms with van der Waals surface area (Å²) in [6.45, 7) is 2.99. The molecule has 4 nitrogen and oxygen atoms in total. The molecule has 2 rings (SSSR count). The summed E-state index contributed by atoms with van der Waals surface area (Å²) in [6.07, 6.45) is 5.56. The Balaban J connectivity index is 1.72. The standard InChI is InChI=1S/C15H20BrNO3/c1-2-19-15(18)12-5-3-11(4-6-12)10-20-14-8-7-13(16)9-17-14/h7-9,11-12H,2-6,10H2,1H3. The zero-order chi connectivity index (χ0) is 14.4. The SMILES string of the molecule is CCOC(=O)C1CCC(COc2ccc(Br)cn2)CC1. The number of carbonyl (C=O) groups excluding carboxylic acids is 1. The number of aromatic nitrogens is 1. The molecule has 1 aromatic rings. The third-order valence-corrected chi connectivity index (χ3v) is 4.10. The Hall–Kier alpha value is -1.10. The molecule has 1 aliphatic carbocycles. The van der Waals surface area contributed by atoms with E-state index in [0.29, 0.717) is 25.0 Å². The molecular weight excluding hydrogens is 322 g/mol. The molecule has 0 atom stereocenters. The molecule has 1 fully saturated rings. The molecule has 0 saturated heterocycles. The highest BCUT2D eigenvalue weighted by molar-refractivity contribution is 9.10. The summed E-state index contributed by atoms with van der Waals surface area (Å²) in [7, 11) is 0. The molecule has 20 heavy (non-hydrogen) atoms. The molecular formula is C15H20BrNO3. The van der Waals surface area contributed by atoms with Gasteiger partial charge >= 0.3 is 5.97 Å². The van der Waals surface area contributed by atoms with Crippen LogP contribution < -0.4 is 4.74 Å². The van der Waals surface area contributed by atoms with Gasteiger partial charge in [0.2, 0.25) is 5.88 Å². The van der Waals surface area contributed by atoms with Crippen molar-refractivity contribution in [2.24, 2.45) is 11.8 Å². The lowest BCUT2D eigenvalue weighted by Crippen LogP contribution is -2.26. The average molecular weight is 342 g/mol. The first-order chi connectivity index (χ1) is 9.69. The van der Waals surface area contributed by atoms with Crippen molar-refractivity contribution in [1.82, 2.24) is 4.98 Å². The number of pyridine rings is 1. The van der Waals surface area contributed by atoms with E-state index in [4.69, 9.17) is 9.47 Å². The first-order valence-electron chi connectivity index (χ1n) is 7.10. The maximum atomic E-state index is 11.6. The molecule has 1 saturated carbocycles. The highest BCUT2D eigenvalue weighted by Gasteiger charge is 2.27. The predicted octanol–water partition coefficient (Wildman–Crippen LogP) is 3.59. The Morgan fingerprint density at radius 3 is 2.70 bits per heavy atom. The van der Waals surface area contributed by atoms with E-state index in [1.807, 2.05) is 19.1 Å². The van der Waals surface area contributed by atoms with Crippen LogP contribution in [0.15, 0.2) is 22.8 Å². The van der Waals surface area contributed by atoms with Crippen LogP contribution in [0.2, 0.25) is 0 Å². The number of carbonyl (C=O) groups is 1. The van der Waals surface area contributed by atoms with E-state index < -0.39 is 0 Å². The Labute approximate surface area is 128 Å². The van der Waals surface area contributed by atoms with Gasteiger partial charge in [0.15, 0.2) is 0 Å². The maximum Gasteiger partial charge on any atom is 0.308 e. The number of rotatable bonds is 5. The van der Waals surface area contributed by atoms with E-state index in [2.05, 4.69) is 20.9 Å². The summed E-state index contributed by atoms with van der Waals surface area (Å²) in [4.78, 5) is 15.8. The van der Waals surface area contributed by atoms with Crippen molar-refractivity contribution in [1.29, 1.82) is 0 Å². The van der Waals surface area contributed by atoms with Crippen LogP contribution in [0, 0.1) is 11.8 Å². The van der Waals surface area contributed by atoms with Gasteiger partial charge in [-0.25, -0.2) is 4.98 Å². The van der Waals surface area contributed by atoms with Crippen LogP contribution in [0.3, 0.4) is 0 Å². The smallest absolute Gasteiger partial charge is 0.308 e. The quantitative estimate of drug-likeness (QED) is 0.768. The molecule has 0 amide bonds. The molecule has 0 spiro atoms. The van der Waals surface area contributed by atoms with Crippen molar-refractivity contribution >= 4 is 21.9 Å². The van der Waals surface area contributed by atoms with Crippen molar-refractivity contribution in [2.45, 2.75) is 32.6 Å². The van der Waals surface area contributed by atoms with Crippen molar-refractivity contribution in [2.75, 3.05) is 13.2 Å². The highest BCUT2D eigenvalue weighted by Crippen LogP contribution is 2.30. The minimum atomic E-state index is -0.0403. The van der Waals surface area contributed by atoms with E-state index in [1.165, 1.54) is 0 Å². The van der Waals surface area contributed by atoms with E-state index in [9.17, 15) is 4.79 Å². The fourth-order valence-electron chi connectivity index (χ4n) is 2.48. The number of esters is 1. The van der Waals surface area contributed by atoms with Gasteiger partial charge in [-0.05, 0) is 60.5 Å². The molecule has 0 aliphatic heterocycles. The molecule has 5 heteroatoms. The Morgan fingerprint density at radius 2 is 2.10 bits per heavy atom. The number of nitrogens with zero attached hydrogens (tertiary/aromatic N) is 1. The third-order valence-electron chi connectivity index (χ3n) is 3.63. The normalized spacial score (nSPS) is 22.3. The number of ether oxygens (including phenoxy) is 2. The van der Waals surface area contributed by atoms with Crippen LogP contribution in [-0.4, -0.2) is 24.2 Å². The van der Waals surface area contributed by atoms with Gasteiger partial charge in [-0.1, -0.05) is 0 Å². The van der Waals surface area contributed by atoms with Crippen LogP contribution in [0.1, 0.15) is 32.6 Å². The van der Waals surface area contributed by atoms with Crippen LogP contribution in [0.25, 0.3) is 0 Å². The summed E-state index contributed by atoms with van der Waals surface area (Å²) >= 11 is 3.34. The van der Waals surface area contributed by atoms with E-state index in [1.54, 1.807) is 6.20 Å². The van der Waals surface area contributed by atoms with Gasteiger partial charge in [-0.15, -0.1) is 0 Å². The second kappa shape index (κ2) is 7.62. The van der Waals surface area contributed by atoms with Crippen LogP contribution in [-0.2, 0) is 9.53 Å². The van der Waals surface area contributed by atoms with Crippen molar-refractivity contribution in [3.05, 3.63) is 22.8 Å². The second-order valence-electron chi connectivity index (χ2n) is 5.10. The molecule has 110 valence electrons. The van der Waals surface area contributed by atoms with Crippen molar-refractivity contribution in [3.63, 3.8) is 0 Å². The second-order valence-corrected chi connectivity index (χ2v) is 6.01. The zero-order valence-corrected chi connectivity index (χ0v) is 13.3. The average Bonchev–Trinajstić information content (AvgIpc) is 2.47. The van der Waals surface area contributed by atoms with Crippen LogP contribution >= 0.6 is 15.9 Å². The maximum absolute atomic E-state index is 11.6. The van der Waals surface area contributed by atoms with Crippen LogP contribution in [0.4, 0.5) is 0 Å². The molecule has 0 N–H and O–H groups in total. The molecule has 1 aromatic heterocycles. The lowest BCUT2D eigenvalue weighted by Gasteiger charge is -2.26. The van der Waals surface area contributed by atoms with Gasteiger partial charge in [-0.2, -0.15) is 0 Å². The van der Waals surface area contributed by atoms with Gasteiger partial charge in [0, 0.05) is 16.7 Å². The molecule has 0 unspecified atom stereocenters. The lowest BCUT2D eigenvalue weighted by atomic mass is 9.82. The fraction of sp³-hybridized carbons (Fsp3) is 0.600. The Bertz CT molecular complexity index is 427. The Morgan fingerprint density at radius 1 is 1.35 bits per heavy atom. The summed E-state index contributed by atoms with van der Waals surface area (Å²) in [5, 5.41) is 0. The number of halogens is 1. The number of hydrogen-bond acceptors (Lipinski definition) is 4. The summed E-state index contributed by atoms with van der Waals surface area (Å²) in [5.41, 5.74) is 0. The van der Waals surface area contributed by atoms with E-state index >= 15 is 0 Å². The predicted molar refractivity (Wildman–Crippen MR) is 79.5 cm³/mol. The topological polar surface area (TPSA) is 48.4 Å². The van der Waals surface area contributed by atoms with Gasteiger partial charge in [0.25, 0.3) is 0 Å². The first-order valence-corrected chi connectivity index (χ1v) is 7.89. The largest absolute Gasteiger partial charge is 0.477 e.